The van der Waals surface area contributed by atoms with E-state index in [2.05, 4.69) is 0 Å². The Morgan fingerprint density at radius 1 is 1.33 bits per heavy atom. The van der Waals surface area contributed by atoms with E-state index >= 15 is 0 Å². The van der Waals surface area contributed by atoms with Gasteiger partial charge in [0.15, 0.2) is 0 Å². The van der Waals surface area contributed by atoms with E-state index in [1.54, 1.807) is 4.31 Å². The summed E-state index contributed by atoms with van der Waals surface area (Å²) in [7, 11) is -3.23. The van der Waals surface area contributed by atoms with Gasteiger partial charge in [0.25, 0.3) is 0 Å². The molecule has 1 heterocycles. The normalized spacial score (nSPS) is 26.1. The van der Waals surface area contributed by atoms with Crippen molar-refractivity contribution < 1.29 is 8.42 Å². The molecule has 18 heavy (non-hydrogen) atoms. The van der Waals surface area contributed by atoms with Crippen LogP contribution in [0, 0.1) is 0 Å². The molecule has 5 heteroatoms. The summed E-state index contributed by atoms with van der Waals surface area (Å²) in [6.07, 6.45) is 1.49. The highest BCUT2D eigenvalue weighted by atomic mass is 32.2. The summed E-state index contributed by atoms with van der Waals surface area (Å²) < 4.78 is 26.3. The zero-order valence-corrected chi connectivity index (χ0v) is 11.4. The summed E-state index contributed by atoms with van der Waals surface area (Å²) in [6.45, 7) is 2.47. The molecule has 0 saturated carbocycles. The van der Waals surface area contributed by atoms with Crippen LogP contribution in [0.2, 0.25) is 0 Å². The summed E-state index contributed by atoms with van der Waals surface area (Å²) in [5.41, 5.74) is 6.69. The topological polar surface area (TPSA) is 63.4 Å². The molecule has 0 unspecified atom stereocenters. The van der Waals surface area contributed by atoms with Crippen LogP contribution >= 0.6 is 0 Å². The van der Waals surface area contributed by atoms with Crippen molar-refractivity contribution in [3.05, 3.63) is 35.9 Å². The van der Waals surface area contributed by atoms with Gasteiger partial charge in [-0.05, 0) is 25.3 Å². The first kappa shape index (κ1) is 13.5. The van der Waals surface area contributed by atoms with Crippen LogP contribution in [0.25, 0.3) is 0 Å². The van der Waals surface area contributed by atoms with Crippen molar-refractivity contribution in [2.75, 3.05) is 6.54 Å². The third-order valence-corrected chi connectivity index (χ3v) is 5.36. The van der Waals surface area contributed by atoms with E-state index in [9.17, 15) is 8.42 Å². The van der Waals surface area contributed by atoms with Gasteiger partial charge in [0, 0.05) is 18.6 Å². The Bertz CT molecular complexity index is 487. The van der Waals surface area contributed by atoms with E-state index in [4.69, 9.17) is 5.73 Å². The number of benzene rings is 1. The van der Waals surface area contributed by atoms with Crippen molar-refractivity contribution in [3.63, 3.8) is 0 Å². The molecule has 1 aliphatic rings. The van der Waals surface area contributed by atoms with Crippen molar-refractivity contribution in [2.24, 2.45) is 5.73 Å². The van der Waals surface area contributed by atoms with Gasteiger partial charge < -0.3 is 5.73 Å². The first-order chi connectivity index (χ1) is 8.49. The van der Waals surface area contributed by atoms with Gasteiger partial charge in [-0.2, -0.15) is 4.31 Å². The summed E-state index contributed by atoms with van der Waals surface area (Å²) in [5, 5.41) is 0. The molecule has 2 rings (SSSR count). The molecule has 1 fully saturated rings. The molecule has 1 aromatic rings. The maximum atomic E-state index is 12.4. The van der Waals surface area contributed by atoms with Gasteiger partial charge in [-0.1, -0.05) is 30.3 Å². The molecular formula is C13H20N2O2S. The van der Waals surface area contributed by atoms with Crippen LogP contribution in [-0.4, -0.2) is 31.4 Å². The Hall–Kier alpha value is -0.910. The Kier molecular flexibility index (Phi) is 4.04. The third-order valence-electron chi connectivity index (χ3n) is 3.40. The molecule has 1 saturated heterocycles. The Balaban J connectivity index is 2.12. The van der Waals surface area contributed by atoms with Crippen LogP contribution < -0.4 is 5.73 Å². The lowest BCUT2D eigenvalue weighted by Gasteiger charge is -2.35. The number of sulfonamides is 1. The Labute approximate surface area is 109 Å². The molecule has 1 aliphatic heterocycles. The second-order valence-corrected chi connectivity index (χ2v) is 6.91. The van der Waals surface area contributed by atoms with Crippen molar-refractivity contribution in [2.45, 2.75) is 37.6 Å². The lowest BCUT2D eigenvalue weighted by atomic mass is 10.0. The molecule has 1 aromatic carbocycles. The predicted molar refractivity (Wildman–Crippen MR) is 72.4 cm³/mol. The largest absolute Gasteiger partial charge is 0.328 e. The highest BCUT2D eigenvalue weighted by molar-refractivity contribution is 7.88. The molecule has 0 aromatic heterocycles. The molecule has 2 N–H and O–H groups in total. The Morgan fingerprint density at radius 2 is 2.00 bits per heavy atom. The van der Waals surface area contributed by atoms with Crippen LogP contribution in [-0.2, 0) is 15.8 Å². The van der Waals surface area contributed by atoms with Crippen molar-refractivity contribution >= 4 is 10.0 Å². The number of hydrogen-bond acceptors (Lipinski definition) is 3. The lowest BCUT2D eigenvalue weighted by Crippen LogP contribution is -2.48. The molecule has 100 valence electrons. The first-order valence-electron chi connectivity index (χ1n) is 6.28. The molecule has 0 aliphatic carbocycles. The molecule has 2 atom stereocenters. The number of rotatable bonds is 3. The molecular weight excluding hydrogens is 248 g/mol. The highest BCUT2D eigenvalue weighted by Gasteiger charge is 2.32. The van der Waals surface area contributed by atoms with Crippen LogP contribution in [0.3, 0.4) is 0 Å². The highest BCUT2D eigenvalue weighted by Crippen LogP contribution is 2.21. The Morgan fingerprint density at radius 3 is 2.61 bits per heavy atom. The molecule has 0 bridgehead atoms. The van der Waals surface area contributed by atoms with Gasteiger partial charge in [0.05, 0.1) is 5.75 Å². The van der Waals surface area contributed by atoms with Gasteiger partial charge in [-0.25, -0.2) is 8.42 Å². The summed E-state index contributed by atoms with van der Waals surface area (Å²) in [6, 6.07) is 9.43. The predicted octanol–water partition coefficient (Wildman–Crippen LogP) is 1.33. The summed E-state index contributed by atoms with van der Waals surface area (Å²) >= 11 is 0. The quantitative estimate of drug-likeness (QED) is 0.899. The minimum Gasteiger partial charge on any atom is -0.328 e. The second kappa shape index (κ2) is 5.38. The second-order valence-electron chi connectivity index (χ2n) is 4.99. The van der Waals surface area contributed by atoms with E-state index in [-0.39, 0.29) is 17.8 Å². The maximum absolute atomic E-state index is 12.4. The van der Waals surface area contributed by atoms with E-state index < -0.39 is 10.0 Å². The van der Waals surface area contributed by atoms with Crippen LogP contribution in [0.1, 0.15) is 25.3 Å². The number of nitrogens with zero attached hydrogens (tertiary/aromatic N) is 1. The van der Waals surface area contributed by atoms with E-state index in [0.29, 0.717) is 6.54 Å². The average molecular weight is 268 g/mol. The van der Waals surface area contributed by atoms with Crippen LogP contribution in [0.5, 0.6) is 0 Å². The fourth-order valence-corrected chi connectivity index (χ4v) is 4.27. The summed E-state index contributed by atoms with van der Waals surface area (Å²) in [5.74, 6) is 0.0768. The van der Waals surface area contributed by atoms with E-state index in [0.717, 1.165) is 18.4 Å². The van der Waals surface area contributed by atoms with Gasteiger partial charge in [-0.15, -0.1) is 0 Å². The van der Waals surface area contributed by atoms with Crippen LogP contribution in [0.15, 0.2) is 30.3 Å². The molecule has 0 spiro atoms. The smallest absolute Gasteiger partial charge is 0.218 e. The SMILES string of the molecule is C[C@H]1C[C@@H](N)CCN1S(=O)(=O)Cc1ccccc1. The van der Waals surface area contributed by atoms with Crippen molar-refractivity contribution in [3.8, 4) is 0 Å². The van der Waals surface area contributed by atoms with Crippen molar-refractivity contribution in [1.82, 2.24) is 4.31 Å². The molecule has 0 radical (unpaired) electrons. The van der Waals surface area contributed by atoms with Gasteiger partial charge in [0.2, 0.25) is 10.0 Å². The zero-order valence-electron chi connectivity index (χ0n) is 10.6. The monoisotopic (exact) mass is 268 g/mol. The zero-order chi connectivity index (χ0) is 13.2. The molecule has 0 amide bonds. The van der Waals surface area contributed by atoms with Gasteiger partial charge >= 0.3 is 0 Å². The van der Waals surface area contributed by atoms with Gasteiger partial charge in [0.1, 0.15) is 0 Å². The molecule has 4 nitrogen and oxygen atoms in total. The minimum absolute atomic E-state index is 0.00228. The standard InChI is InChI=1S/C13H20N2O2S/c1-11-9-13(14)7-8-15(11)18(16,17)10-12-5-3-2-4-6-12/h2-6,11,13H,7-10,14H2,1H3/t11-,13-/m0/s1. The maximum Gasteiger partial charge on any atom is 0.218 e. The number of nitrogens with two attached hydrogens (primary N) is 1. The third kappa shape index (κ3) is 3.10. The van der Waals surface area contributed by atoms with Crippen molar-refractivity contribution in [1.29, 1.82) is 0 Å². The number of hydrogen-bond donors (Lipinski definition) is 1. The van der Waals surface area contributed by atoms with E-state index in [1.165, 1.54) is 0 Å². The van der Waals surface area contributed by atoms with Crippen LogP contribution in [0.4, 0.5) is 0 Å². The minimum atomic E-state index is -3.23. The van der Waals surface area contributed by atoms with Gasteiger partial charge in [-0.3, -0.25) is 0 Å². The fraction of sp³-hybridized carbons (Fsp3) is 0.538. The average Bonchev–Trinajstić information content (AvgIpc) is 2.29. The first-order valence-corrected chi connectivity index (χ1v) is 7.89. The number of piperidine rings is 1. The lowest BCUT2D eigenvalue weighted by molar-refractivity contribution is 0.247. The fourth-order valence-electron chi connectivity index (χ4n) is 2.47. The summed E-state index contributed by atoms with van der Waals surface area (Å²) in [4.78, 5) is 0. The van der Waals surface area contributed by atoms with E-state index in [1.807, 2.05) is 37.3 Å².